The molecule has 0 aliphatic carbocycles. The molecule has 0 rings (SSSR count). The van der Waals surface area contributed by atoms with E-state index in [4.69, 9.17) is 0 Å². The van der Waals surface area contributed by atoms with Gasteiger partial charge >= 0.3 is 0 Å². The average molecular weight is 315 g/mol. The molecule has 0 radical (unpaired) electrons. The van der Waals surface area contributed by atoms with E-state index in [0.29, 0.717) is 24.2 Å². The molecule has 0 bridgehead atoms. The van der Waals surface area contributed by atoms with Crippen LogP contribution in [-0.2, 0) is 0 Å². The van der Waals surface area contributed by atoms with Crippen molar-refractivity contribution in [2.45, 2.75) is 107 Å². The molecule has 2 nitrogen and oxygen atoms in total. The third-order valence-corrected chi connectivity index (χ3v) is 3.81. The fourth-order valence-electron chi connectivity index (χ4n) is 2.88. The minimum atomic E-state index is 0.678. The molecule has 22 heavy (non-hydrogen) atoms. The van der Waals surface area contributed by atoms with Gasteiger partial charge in [-0.1, -0.05) is 27.7 Å². The van der Waals surface area contributed by atoms with E-state index in [-0.39, 0.29) is 0 Å². The van der Waals surface area contributed by atoms with Gasteiger partial charge in [0, 0.05) is 37.3 Å². The molecule has 0 saturated carbocycles. The van der Waals surface area contributed by atoms with Gasteiger partial charge in [-0.2, -0.15) is 0 Å². The quantitative estimate of drug-likeness (QED) is 0.582. The predicted octanol–water partition coefficient (Wildman–Crippen LogP) is 5.52. The van der Waals surface area contributed by atoms with Crippen LogP contribution in [0.1, 0.15) is 83.1 Å². The van der Waals surface area contributed by atoms with E-state index >= 15 is 0 Å². The maximum Gasteiger partial charge on any atom is 0.00414 e. The van der Waals surface area contributed by atoms with Gasteiger partial charge in [-0.15, -0.1) is 0 Å². The summed E-state index contributed by atoms with van der Waals surface area (Å²) in [7, 11) is 0. The van der Waals surface area contributed by atoms with Crippen LogP contribution in [0, 0.1) is 11.8 Å². The first kappa shape index (κ1) is 24.2. The van der Waals surface area contributed by atoms with Crippen LogP contribution in [0.3, 0.4) is 0 Å². The summed E-state index contributed by atoms with van der Waals surface area (Å²) in [5, 5.41) is 0. The second kappa shape index (κ2) is 12.4. The normalized spacial score (nSPS) is 12.5. The minimum absolute atomic E-state index is 0.678. The van der Waals surface area contributed by atoms with Crippen LogP contribution >= 0.6 is 0 Å². The van der Waals surface area contributed by atoms with Crippen molar-refractivity contribution < 1.29 is 0 Å². The van der Waals surface area contributed by atoms with Crippen molar-refractivity contribution in [3.05, 3.63) is 0 Å². The molecule has 0 N–H and O–H groups in total. The predicted molar refractivity (Wildman–Crippen MR) is 104 cm³/mol. The molecule has 0 heterocycles. The Morgan fingerprint density at radius 1 is 0.409 bits per heavy atom. The molecule has 0 atom stereocenters. The molecule has 0 saturated heterocycles. The van der Waals surface area contributed by atoms with Crippen molar-refractivity contribution in [1.29, 1.82) is 0 Å². The topological polar surface area (TPSA) is 6.48 Å². The van der Waals surface area contributed by atoms with Crippen LogP contribution < -0.4 is 0 Å². The Bertz CT molecular complexity index is 200. The number of hydrogen-bond acceptors (Lipinski definition) is 2. The van der Waals surface area contributed by atoms with Crippen molar-refractivity contribution in [3.63, 3.8) is 0 Å². The zero-order chi connectivity index (χ0) is 18.0. The summed E-state index contributed by atoms with van der Waals surface area (Å²) >= 11 is 0. The van der Waals surface area contributed by atoms with Crippen LogP contribution in [0.15, 0.2) is 0 Å². The fraction of sp³-hybridized carbons (Fsp3) is 1.00. The Labute approximate surface area is 142 Å². The monoisotopic (exact) mass is 314 g/mol. The molecular weight excluding hydrogens is 268 g/mol. The molecule has 0 aromatic rings. The number of rotatable bonds is 8. The first-order chi connectivity index (χ1) is 9.89. The summed E-state index contributed by atoms with van der Waals surface area (Å²) in [5.74, 6) is 1.56. The van der Waals surface area contributed by atoms with Crippen LogP contribution in [0.5, 0.6) is 0 Å². The van der Waals surface area contributed by atoms with E-state index in [1.165, 1.54) is 13.1 Å². The van der Waals surface area contributed by atoms with Crippen LogP contribution in [0.4, 0.5) is 0 Å². The average Bonchev–Trinajstić information content (AvgIpc) is 2.32. The lowest BCUT2D eigenvalue weighted by atomic mass is 10.1. The molecular formula is C20H46N2. The highest BCUT2D eigenvalue weighted by molar-refractivity contribution is 4.69. The van der Waals surface area contributed by atoms with Crippen molar-refractivity contribution in [1.82, 2.24) is 9.80 Å². The Kier molecular flexibility index (Phi) is 13.6. The molecule has 0 aromatic heterocycles. The van der Waals surface area contributed by atoms with Gasteiger partial charge in [0.15, 0.2) is 0 Å². The summed E-state index contributed by atoms with van der Waals surface area (Å²) in [6.07, 6.45) is 0. The Hall–Kier alpha value is -0.0800. The Balaban J connectivity index is 0. The molecule has 0 fully saturated rings. The highest BCUT2D eigenvalue weighted by atomic mass is 15.2. The summed E-state index contributed by atoms with van der Waals surface area (Å²) in [4.78, 5) is 5.06. The first-order valence-corrected chi connectivity index (χ1v) is 9.41. The Morgan fingerprint density at radius 2 is 0.591 bits per heavy atom. The number of hydrogen-bond donors (Lipinski definition) is 0. The van der Waals surface area contributed by atoms with Gasteiger partial charge in [0.2, 0.25) is 0 Å². The molecule has 136 valence electrons. The van der Waals surface area contributed by atoms with Crippen molar-refractivity contribution in [2.24, 2.45) is 11.8 Å². The zero-order valence-electron chi connectivity index (χ0n) is 17.8. The second-order valence-electron chi connectivity index (χ2n) is 8.56. The third kappa shape index (κ3) is 12.5. The van der Waals surface area contributed by atoms with E-state index in [0.717, 1.165) is 11.8 Å². The van der Waals surface area contributed by atoms with Crippen molar-refractivity contribution >= 4 is 0 Å². The summed E-state index contributed by atoms with van der Waals surface area (Å²) in [6.45, 7) is 29.7. The van der Waals surface area contributed by atoms with Gasteiger partial charge in [0.05, 0.1) is 0 Å². The number of nitrogens with zero attached hydrogens (tertiary/aromatic N) is 2. The molecule has 0 aliphatic heterocycles. The molecule has 0 aliphatic rings. The molecule has 0 unspecified atom stereocenters. The fourth-order valence-corrected chi connectivity index (χ4v) is 2.88. The van der Waals surface area contributed by atoms with Gasteiger partial charge in [-0.05, 0) is 67.2 Å². The lowest BCUT2D eigenvalue weighted by Crippen LogP contribution is -2.39. The smallest absolute Gasteiger partial charge is 0.00414 e. The van der Waals surface area contributed by atoms with E-state index in [1.54, 1.807) is 0 Å². The molecule has 0 spiro atoms. The van der Waals surface area contributed by atoms with Gasteiger partial charge in [-0.3, -0.25) is 9.80 Å². The first-order valence-electron chi connectivity index (χ1n) is 9.41. The van der Waals surface area contributed by atoms with E-state index in [9.17, 15) is 0 Å². The lowest BCUT2D eigenvalue weighted by molar-refractivity contribution is 0.155. The SMILES string of the molecule is CC(C)CN(C(C)C)C(C)C.CC(C)CN(C(C)C)C(C)C. The molecule has 2 heteroatoms. The lowest BCUT2D eigenvalue weighted by Gasteiger charge is -2.31. The van der Waals surface area contributed by atoms with Crippen LogP contribution in [0.2, 0.25) is 0 Å². The highest BCUT2D eigenvalue weighted by Gasteiger charge is 2.14. The van der Waals surface area contributed by atoms with E-state index < -0.39 is 0 Å². The minimum Gasteiger partial charge on any atom is -0.298 e. The third-order valence-electron chi connectivity index (χ3n) is 3.81. The Morgan fingerprint density at radius 3 is 0.636 bits per heavy atom. The van der Waals surface area contributed by atoms with E-state index in [2.05, 4.69) is 92.9 Å². The van der Waals surface area contributed by atoms with E-state index in [1.807, 2.05) is 0 Å². The van der Waals surface area contributed by atoms with Gasteiger partial charge in [0.1, 0.15) is 0 Å². The standard InChI is InChI=1S/2C10H23N/c2*1-8(2)7-11(9(3)4)10(5)6/h2*8-10H,7H2,1-6H3. The maximum absolute atomic E-state index is 2.53. The largest absolute Gasteiger partial charge is 0.298 e. The molecule has 0 aromatic carbocycles. The summed E-state index contributed by atoms with van der Waals surface area (Å²) in [6, 6.07) is 2.71. The zero-order valence-corrected chi connectivity index (χ0v) is 17.8. The molecule has 0 amide bonds. The second-order valence-corrected chi connectivity index (χ2v) is 8.56. The van der Waals surface area contributed by atoms with Gasteiger partial charge in [-0.25, -0.2) is 0 Å². The van der Waals surface area contributed by atoms with Crippen LogP contribution in [0.25, 0.3) is 0 Å². The summed E-state index contributed by atoms with van der Waals surface area (Å²) < 4.78 is 0. The van der Waals surface area contributed by atoms with Crippen LogP contribution in [-0.4, -0.2) is 47.1 Å². The van der Waals surface area contributed by atoms with Crippen molar-refractivity contribution in [3.8, 4) is 0 Å². The maximum atomic E-state index is 2.53. The van der Waals surface area contributed by atoms with Crippen molar-refractivity contribution in [2.75, 3.05) is 13.1 Å². The van der Waals surface area contributed by atoms with Gasteiger partial charge in [0.25, 0.3) is 0 Å². The van der Waals surface area contributed by atoms with Gasteiger partial charge < -0.3 is 0 Å². The highest BCUT2D eigenvalue weighted by Crippen LogP contribution is 2.09. The summed E-state index contributed by atoms with van der Waals surface area (Å²) in [5.41, 5.74) is 0.